The van der Waals surface area contributed by atoms with Crippen molar-refractivity contribution in [3.8, 4) is 17.3 Å². The Morgan fingerprint density at radius 2 is 1.83 bits per heavy atom. The molecule has 0 saturated carbocycles. The van der Waals surface area contributed by atoms with E-state index in [1.807, 2.05) is 6.07 Å². The fourth-order valence-electron chi connectivity index (χ4n) is 3.46. The van der Waals surface area contributed by atoms with Gasteiger partial charge in [0.15, 0.2) is 0 Å². The van der Waals surface area contributed by atoms with Crippen molar-refractivity contribution in [1.29, 1.82) is 0 Å². The first kappa shape index (κ1) is 19.3. The maximum atomic E-state index is 6.00. The van der Waals surface area contributed by atoms with Gasteiger partial charge >= 0.3 is 0 Å². The summed E-state index contributed by atoms with van der Waals surface area (Å²) in [6.45, 7) is 9.67. The molecule has 4 rings (SSSR count). The van der Waals surface area contributed by atoms with Gasteiger partial charge in [0.2, 0.25) is 23.6 Å². The maximum absolute atomic E-state index is 6.00. The zero-order valence-corrected chi connectivity index (χ0v) is 17.3. The van der Waals surface area contributed by atoms with E-state index in [2.05, 4.69) is 62.9 Å². The molecule has 0 amide bonds. The first-order valence-corrected chi connectivity index (χ1v) is 9.82. The number of aromatic nitrogens is 4. The van der Waals surface area contributed by atoms with Gasteiger partial charge in [0.1, 0.15) is 0 Å². The van der Waals surface area contributed by atoms with Gasteiger partial charge < -0.3 is 14.1 Å². The second kappa shape index (κ2) is 8.16. The fraction of sp³-hybridized carbons (Fsp3) is 0.429. The Balaban J connectivity index is 1.41. The summed E-state index contributed by atoms with van der Waals surface area (Å²) in [4.78, 5) is 13.3. The molecule has 1 fully saturated rings. The standard InChI is InChI=1S/C21H26N6O2/c1-14-5-6-17(13-15(14)2)20-25-24-19(29-20)16(3)26-9-11-27(12-10-26)21-22-8-7-18(23-21)28-4/h5-8,13,16H,9-12H2,1-4H3. The summed E-state index contributed by atoms with van der Waals surface area (Å²) < 4.78 is 11.2. The van der Waals surface area contributed by atoms with Gasteiger partial charge in [-0.1, -0.05) is 6.07 Å². The van der Waals surface area contributed by atoms with E-state index < -0.39 is 0 Å². The second-order valence-corrected chi connectivity index (χ2v) is 7.34. The third-order valence-corrected chi connectivity index (χ3v) is 5.52. The summed E-state index contributed by atoms with van der Waals surface area (Å²) in [5.74, 6) is 2.49. The molecule has 8 heteroatoms. The molecule has 1 aromatic carbocycles. The zero-order valence-electron chi connectivity index (χ0n) is 17.3. The van der Waals surface area contributed by atoms with E-state index in [1.165, 1.54) is 11.1 Å². The van der Waals surface area contributed by atoms with Crippen molar-refractivity contribution >= 4 is 5.95 Å². The van der Waals surface area contributed by atoms with E-state index >= 15 is 0 Å². The Kier molecular flexibility index (Phi) is 5.44. The lowest BCUT2D eigenvalue weighted by molar-refractivity contribution is 0.173. The van der Waals surface area contributed by atoms with Crippen LogP contribution in [-0.4, -0.2) is 58.4 Å². The molecule has 0 spiro atoms. The van der Waals surface area contributed by atoms with Crippen LogP contribution in [0.3, 0.4) is 0 Å². The minimum absolute atomic E-state index is 0.0520. The largest absolute Gasteiger partial charge is 0.481 e. The number of ether oxygens (including phenoxy) is 1. The van der Waals surface area contributed by atoms with Crippen LogP contribution in [-0.2, 0) is 0 Å². The van der Waals surface area contributed by atoms with Gasteiger partial charge in [0.25, 0.3) is 0 Å². The Bertz CT molecular complexity index is 981. The third kappa shape index (κ3) is 4.07. The third-order valence-electron chi connectivity index (χ3n) is 5.52. The number of hydrogen-bond acceptors (Lipinski definition) is 8. The molecule has 3 aromatic rings. The maximum Gasteiger partial charge on any atom is 0.247 e. The number of methoxy groups -OCH3 is 1. The normalized spacial score (nSPS) is 16.1. The smallest absolute Gasteiger partial charge is 0.247 e. The molecule has 1 aliphatic heterocycles. The van der Waals surface area contributed by atoms with E-state index in [-0.39, 0.29) is 6.04 Å². The van der Waals surface area contributed by atoms with Crippen LogP contribution in [0.25, 0.3) is 11.5 Å². The predicted octanol–water partition coefficient (Wildman–Crippen LogP) is 3.04. The van der Waals surface area contributed by atoms with Crippen LogP contribution in [0.15, 0.2) is 34.9 Å². The number of rotatable bonds is 5. The topological polar surface area (TPSA) is 80.4 Å². The van der Waals surface area contributed by atoms with Crippen LogP contribution >= 0.6 is 0 Å². The van der Waals surface area contributed by atoms with E-state index in [0.717, 1.165) is 31.7 Å². The summed E-state index contributed by atoms with van der Waals surface area (Å²) in [5, 5.41) is 8.57. The number of nitrogens with zero attached hydrogens (tertiary/aromatic N) is 6. The van der Waals surface area contributed by atoms with E-state index in [4.69, 9.17) is 9.15 Å². The van der Waals surface area contributed by atoms with Gasteiger partial charge in [-0.2, -0.15) is 4.98 Å². The number of piperazine rings is 1. The average Bonchev–Trinajstić information content (AvgIpc) is 3.25. The van der Waals surface area contributed by atoms with Crippen molar-refractivity contribution < 1.29 is 9.15 Å². The Labute approximate surface area is 170 Å². The molecule has 0 aliphatic carbocycles. The van der Waals surface area contributed by atoms with Gasteiger partial charge in [-0.3, -0.25) is 4.90 Å². The molecule has 0 bridgehead atoms. The van der Waals surface area contributed by atoms with Crippen molar-refractivity contribution in [2.24, 2.45) is 0 Å². The van der Waals surface area contributed by atoms with Crippen molar-refractivity contribution in [2.45, 2.75) is 26.8 Å². The van der Waals surface area contributed by atoms with E-state index in [1.54, 1.807) is 19.4 Å². The van der Waals surface area contributed by atoms with Gasteiger partial charge in [-0.05, 0) is 44.0 Å². The number of hydrogen-bond donors (Lipinski definition) is 0. The van der Waals surface area contributed by atoms with E-state index in [0.29, 0.717) is 23.6 Å². The molecular weight excluding hydrogens is 368 g/mol. The average molecular weight is 394 g/mol. The van der Waals surface area contributed by atoms with Crippen LogP contribution in [0.5, 0.6) is 5.88 Å². The molecule has 1 unspecified atom stereocenters. The molecular formula is C21H26N6O2. The summed E-state index contributed by atoms with van der Waals surface area (Å²) in [6.07, 6.45) is 1.73. The van der Waals surface area contributed by atoms with Crippen molar-refractivity contribution in [3.63, 3.8) is 0 Å². The molecule has 2 aromatic heterocycles. The molecule has 1 aliphatic rings. The van der Waals surface area contributed by atoms with Gasteiger partial charge in [0.05, 0.1) is 13.2 Å². The lowest BCUT2D eigenvalue weighted by atomic mass is 10.1. The zero-order chi connectivity index (χ0) is 20.4. The molecule has 0 radical (unpaired) electrons. The first-order valence-electron chi connectivity index (χ1n) is 9.82. The first-order chi connectivity index (χ1) is 14.0. The number of benzene rings is 1. The molecule has 3 heterocycles. The minimum Gasteiger partial charge on any atom is -0.481 e. The Morgan fingerprint density at radius 3 is 2.55 bits per heavy atom. The molecule has 1 saturated heterocycles. The predicted molar refractivity (Wildman–Crippen MR) is 110 cm³/mol. The van der Waals surface area contributed by atoms with Crippen LogP contribution in [0.4, 0.5) is 5.95 Å². The van der Waals surface area contributed by atoms with Crippen LogP contribution < -0.4 is 9.64 Å². The van der Waals surface area contributed by atoms with Crippen molar-refractivity contribution in [3.05, 3.63) is 47.5 Å². The highest BCUT2D eigenvalue weighted by Gasteiger charge is 2.27. The quantitative estimate of drug-likeness (QED) is 0.653. The Morgan fingerprint density at radius 1 is 1.03 bits per heavy atom. The highest BCUT2D eigenvalue weighted by Crippen LogP contribution is 2.26. The Hall–Kier alpha value is -3.00. The summed E-state index contributed by atoms with van der Waals surface area (Å²) >= 11 is 0. The van der Waals surface area contributed by atoms with Crippen LogP contribution in [0.1, 0.15) is 30.0 Å². The highest BCUT2D eigenvalue weighted by molar-refractivity contribution is 5.55. The molecule has 8 nitrogen and oxygen atoms in total. The van der Waals surface area contributed by atoms with Crippen LogP contribution in [0.2, 0.25) is 0 Å². The second-order valence-electron chi connectivity index (χ2n) is 7.34. The lowest BCUT2D eigenvalue weighted by Crippen LogP contribution is -2.47. The fourth-order valence-corrected chi connectivity index (χ4v) is 3.46. The molecule has 0 N–H and O–H groups in total. The van der Waals surface area contributed by atoms with Crippen LogP contribution in [0, 0.1) is 13.8 Å². The van der Waals surface area contributed by atoms with Gasteiger partial charge in [-0.25, -0.2) is 4.98 Å². The molecule has 1 atom stereocenters. The molecule has 29 heavy (non-hydrogen) atoms. The lowest BCUT2D eigenvalue weighted by Gasteiger charge is -2.36. The van der Waals surface area contributed by atoms with Gasteiger partial charge in [-0.15, -0.1) is 10.2 Å². The SMILES string of the molecule is COc1ccnc(N2CCN(C(C)c3nnc(-c4ccc(C)c(C)c4)o3)CC2)n1. The number of anilines is 1. The van der Waals surface area contributed by atoms with Gasteiger partial charge in [0, 0.05) is 44.0 Å². The van der Waals surface area contributed by atoms with Crippen molar-refractivity contribution in [2.75, 3.05) is 38.2 Å². The number of aryl methyl sites for hydroxylation is 2. The molecule has 152 valence electrons. The van der Waals surface area contributed by atoms with E-state index in [9.17, 15) is 0 Å². The summed E-state index contributed by atoms with van der Waals surface area (Å²) in [6, 6.07) is 8.00. The highest BCUT2D eigenvalue weighted by atomic mass is 16.5. The van der Waals surface area contributed by atoms with Crippen molar-refractivity contribution in [1.82, 2.24) is 25.1 Å². The summed E-state index contributed by atoms with van der Waals surface area (Å²) in [5.41, 5.74) is 3.42. The minimum atomic E-state index is 0.0520. The monoisotopic (exact) mass is 394 g/mol. The summed E-state index contributed by atoms with van der Waals surface area (Å²) in [7, 11) is 1.61.